The highest BCUT2D eigenvalue weighted by Crippen LogP contribution is 2.29. The molecule has 1 aromatic carbocycles. The Morgan fingerprint density at radius 1 is 1.10 bits per heavy atom. The lowest BCUT2D eigenvalue weighted by atomic mass is 10.0. The molecule has 1 aromatic rings. The van der Waals surface area contributed by atoms with Gasteiger partial charge in [-0.15, -0.1) is 0 Å². The number of hydrogen-bond acceptors (Lipinski definition) is 2. The molecule has 1 N–H and O–H groups in total. The third-order valence-corrected chi connectivity index (χ3v) is 4.65. The van der Waals surface area contributed by atoms with Crippen LogP contribution in [0.3, 0.4) is 0 Å². The summed E-state index contributed by atoms with van der Waals surface area (Å²) in [6, 6.07) is 3.48. The lowest BCUT2D eigenvalue weighted by molar-refractivity contribution is -0.137. The molecule has 20 heavy (non-hydrogen) atoms. The molecule has 0 spiro atoms. The zero-order valence-electron chi connectivity index (χ0n) is 11.4. The molecule has 1 rings (SSSR count). The van der Waals surface area contributed by atoms with E-state index in [1.807, 2.05) is 13.8 Å². The van der Waals surface area contributed by atoms with Crippen LogP contribution in [0.1, 0.15) is 32.3 Å². The van der Waals surface area contributed by atoms with Crippen molar-refractivity contribution in [3.05, 3.63) is 29.8 Å². The van der Waals surface area contributed by atoms with Gasteiger partial charge in [0, 0.05) is 6.54 Å². The molecule has 0 aliphatic carbocycles. The van der Waals surface area contributed by atoms with Gasteiger partial charge in [0.15, 0.2) is 0 Å². The first-order valence-corrected chi connectivity index (χ1v) is 7.86. The van der Waals surface area contributed by atoms with Gasteiger partial charge >= 0.3 is 6.18 Å². The van der Waals surface area contributed by atoms with Crippen molar-refractivity contribution in [2.24, 2.45) is 5.92 Å². The van der Waals surface area contributed by atoms with Crippen molar-refractivity contribution in [1.82, 2.24) is 4.72 Å². The van der Waals surface area contributed by atoms with Crippen LogP contribution in [0.2, 0.25) is 0 Å². The highest BCUT2D eigenvalue weighted by molar-refractivity contribution is 7.89. The summed E-state index contributed by atoms with van der Waals surface area (Å²) in [6.45, 7) is 4.21. The predicted octanol–water partition coefficient (Wildman–Crippen LogP) is 3.42. The maximum Gasteiger partial charge on any atom is 0.416 e. The number of rotatable bonds is 6. The van der Waals surface area contributed by atoms with Crippen LogP contribution < -0.4 is 4.72 Å². The van der Waals surface area contributed by atoms with E-state index in [2.05, 4.69) is 4.72 Å². The highest BCUT2D eigenvalue weighted by atomic mass is 32.2. The first-order chi connectivity index (χ1) is 9.20. The Hall–Kier alpha value is -1.08. The minimum absolute atomic E-state index is 0.156. The predicted molar refractivity (Wildman–Crippen MR) is 70.7 cm³/mol. The fraction of sp³-hybridized carbons (Fsp3) is 0.538. The van der Waals surface area contributed by atoms with E-state index >= 15 is 0 Å². The van der Waals surface area contributed by atoms with Gasteiger partial charge in [-0.05, 0) is 30.2 Å². The Morgan fingerprint density at radius 3 is 2.00 bits per heavy atom. The molecule has 114 valence electrons. The first-order valence-electron chi connectivity index (χ1n) is 6.37. The summed E-state index contributed by atoms with van der Waals surface area (Å²) in [5.41, 5.74) is -0.864. The summed E-state index contributed by atoms with van der Waals surface area (Å²) < 4.78 is 63.5. The minimum Gasteiger partial charge on any atom is -0.211 e. The van der Waals surface area contributed by atoms with E-state index in [-0.39, 0.29) is 17.4 Å². The fourth-order valence-corrected chi connectivity index (χ4v) is 2.83. The molecule has 0 radical (unpaired) electrons. The van der Waals surface area contributed by atoms with Gasteiger partial charge in [-0.1, -0.05) is 26.7 Å². The van der Waals surface area contributed by atoms with E-state index in [1.54, 1.807) is 0 Å². The van der Waals surface area contributed by atoms with Gasteiger partial charge in [0.25, 0.3) is 0 Å². The Labute approximate surface area is 117 Å². The molecule has 7 heteroatoms. The topological polar surface area (TPSA) is 46.2 Å². The first kappa shape index (κ1) is 17.0. The van der Waals surface area contributed by atoms with Crippen molar-refractivity contribution in [3.63, 3.8) is 0 Å². The molecule has 0 aliphatic rings. The molecule has 0 atom stereocenters. The molecular weight excluding hydrogens is 291 g/mol. The molecular formula is C13H18F3NO2S. The molecule has 0 amide bonds. The molecule has 0 bridgehead atoms. The Bertz CT molecular complexity index is 520. The summed E-state index contributed by atoms with van der Waals surface area (Å²) in [5.74, 6) is 0.222. The molecule has 0 unspecified atom stereocenters. The number of sulfonamides is 1. The molecule has 0 fully saturated rings. The average molecular weight is 309 g/mol. The average Bonchev–Trinajstić information content (AvgIpc) is 2.39. The van der Waals surface area contributed by atoms with Crippen LogP contribution in [0, 0.1) is 5.92 Å². The highest BCUT2D eigenvalue weighted by Gasteiger charge is 2.30. The Morgan fingerprint density at radius 2 is 1.60 bits per heavy atom. The number of halogens is 3. The standard InChI is InChI=1S/C13H18F3NO2S/c1-3-10(4-2)9-17-20(18,19)12-7-5-11(6-8-12)13(14,15)16/h5-8,10,17H,3-4,9H2,1-2H3. The minimum atomic E-state index is -4.47. The maximum atomic E-state index is 12.4. The molecule has 0 saturated heterocycles. The van der Waals surface area contributed by atoms with Gasteiger partial charge in [0.1, 0.15) is 0 Å². The Balaban J connectivity index is 2.83. The number of hydrogen-bond donors (Lipinski definition) is 1. The second-order valence-electron chi connectivity index (χ2n) is 4.56. The fourth-order valence-electron chi connectivity index (χ4n) is 1.71. The van der Waals surface area contributed by atoms with E-state index in [0.717, 1.165) is 37.1 Å². The second-order valence-corrected chi connectivity index (χ2v) is 6.32. The molecule has 3 nitrogen and oxygen atoms in total. The molecule has 0 aliphatic heterocycles. The van der Waals surface area contributed by atoms with Crippen LogP contribution in [0.4, 0.5) is 13.2 Å². The summed E-state index contributed by atoms with van der Waals surface area (Å²) in [7, 11) is -3.76. The number of alkyl halides is 3. The van der Waals surface area contributed by atoms with E-state index < -0.39 is 21.8 Å². The molecule has 0 saturated carbocycles. The number of nitrogens with one attached hydrogen (secondary N) is 1. The summed E-state index contributed by atoms with van der Waals surface area (Å²) in [4.78, 5) is -0.156. The van der Waals surface area contributed by atoms with Crippen molar-refractivity contribution in [3.8, 4) is 0 Å². The van der Waals surface area contributed by atoms with E-state index in [9.17, 15) is 21.6 Å². The van der Waals surface area contributed by atoms with Crippen LogP contribution in [0.15, 0.2) is 29.2 Å². The van der Waals surface area contributed by atoms with E-state index in [1.165, 1.54) is 0 Å². The van der Waals surface area contributed by atoms with Gasteiger partial charge in [-0.3, -0.25) is 0 Å². The lowest BCUT2D eigenvalue weighted by Crippen LogP contribution is -2.29. The van der Waals surface area contributed by atoms with Crippen LogP contribution >= 0.6 is 0 Å². The lowest BCUT2D eigenvalue weighted by Gasteiger charge is -2.14. The van der Waals surface area contributed by atoms with Crippen LogP contribution in [0.25, 0.3) is 0 Å². The van der Waals surface area contributed by atoms with Crippen LogP contribution in [-0.4, -0.2) is 15.0 Å². The SMILES string of the molecule is CCC(CC)CNS(=O)(=O)c1ccc(C(F)(F)F)cc1. The third kappa shape index (κ3) is 4.49. The smallest absolute Gasteiger partial charge is 0.211 e. The van der Waals surface area contributed by atoms with Crippen molar-refractivity contribution in [1.29, 1.82) is 0 Å². The van der Waals surface area contributed by atoms with Crippen molar-refractivity contribution in [2.45, 2.75) is 37.8 Å². The van der Waals surface area contributed by atoms with Gasteiger partial charge in [0.05, 0.1) is 10.5 Å². The molecule has 0 aromatic heterocycles. The quantitative estimate of drug-likeness (QED) is 0.875. The summed E-state index contributed by atoms with van der Waals surface area (Å²) in [6.07, 6.45) is -2.79. The third-order valence-electron chi connectivity index (χ3n) is 3.21. The normalized spacial score (nSPS) is 12.9. The second kappa shape index (κ2) is 6.58. The monoisotopic (exact) mass is 309 g/mol. The van der Waals surface area contributed by atoms with Crippen LogP contribution in [0.5, 0.6) is 0 Å². The summed E-state index contributed by atoms with van der Waals surface area (Å²) >= 11 is 0. The summed E-state index contributed by atoms with van der Waals surface area (Å²) in [5, 5.41) is 0. The van der Waals surface area contributed by atoms with Crippen LogP contribution in [-0.2, 0) is 16.2 Å². The van der Waals surface area contributed by atoms with Gasteiger partial charge in [-0.25, -0.2) is 13.1 Å². The zero-order chi connectivity index (χ0) is 15.4. The molecule has 0 heterocycles. The van der Waals surface area contributed by atoms with Gasteiger partial charge in [0.2, 0.25) is 10.0 Å². The zero-order valence-corrected chi connectivity index (χ0v) is 12.2. The van der Waals surface area contributed by atoms with Crippen molar-refractivity contribution in [2.75, 3.05) is 6.54 Å². The van der Waals surface area contributed by atoms with Crippen molar-refractivity contribution < 1.29 is 21.6 Å². The van der Waals surface area contributed by atoms with Gasteiger partial charge in [-0.2, -0.15) is 13.2 Å². The van der Waals surface area contributed by atoms with Gasteiger partial charge < -0.3 is 0 Å². The number of benzene rings is 1. The van der Waals surface area contributed by atoms with E-state index in [4.69, 9.17) is 0 Å². The Kier molecular flexibility index (Phi) is 5.59. The van der Waals surface area contributed by atoms with E-state index in [0.29, 0.717) is 0 Å². The van der Waals surface area contributed by atoms with Crippen molar-refractivity contribution >= 4 is 10.0 Å². The maximum absolute atomic E-state index is 12.4. The largest absolute Gasteiger partial charge is 0.416 e.